The molecule has 1 aromatic heterocycles. The lowest BCUT2D eigenvalue weighted by Gasteiger charge is -2.11. The summed E-state index contributed by atoms with van der Waals surface area (Å²) in [6.07, 6.45) is 1.36. The molecule has 1 unspecified atom stereocenters. The molecule has 0 saturated carbocycles. The lowest BCUT2D eigenvalue weighted by Crippen LogP contribution is -2.25. The van der Waals surface area contributed by atoms with Crippen LogP contribution in [0.25, 0.3) is 0 Å². The van der Waals surface area contributed by atoms with Gasteiger partial charge >= 0.3 is 0 Å². The van der Waals surface area contributed by atoms with Crippen LogP contribution in [0.15, 0.2) is 39.5 Å². The summed E-state index contributed by atoms with van der Waals surface area (Å²) in [5, 5.41) is 4.11. The van der Waals surface area contributed by atoms with E-state index in [2.05, 4.69) is 27.4 Å². The van der Waals surface area contributed by atoms with Gasteiger partial charge in [-0.25, -0.2) is 4.39 Å². The average Bonchev–Trinajstić information content (AvgIpc) is 2.75. The van der Waals surface area contributed by atoms with Crippen molar-refractivity contribution in [1.82, 2.24) is 0 Å². The predicted molar refractivity (Wildman–Crippen MR) is 73.8 cm³/mol. The Morgan fingerprint density at radius 2 is 2.12 bits per heavy atom. The summed E-state index contributed by atoms with van der Waals surface area (Å²) in [5.74, 6) is -0.194. The zero-order chi connectivity index (χ0) is 12.3. The Balaban J connectivity index is 2.00. The van der Waals surface area contributed by atoms with Crippen molar-refractivity contribution in [2.75, 3.05) is 0 Å². The lowest BCUT2D eigenvalue weighted by molar-refractivity contribution is 0.583. The van der Waals surface area contributed by atoms with Crippen LogP contribution in [0.4, 0.5) is 4.39 Å². The van der Waals surface area contributed by atoms with Crippen LogP contribution in [-0.4, -0.2) is 6.04 Å². The first-order valence-electron chi connectivity index (χ1n) is 5.36. The van der Waals surface area contributed by atoms with Crippen molar-refractivity contribution in [3.05, 3.63) is 56.4 Å². The Bertz CT molecular complexity index is 484. The van der Waals surface area contributed by atoms with Crippen molar-refractivity contribution in [3.63, 3.8) is 0 Å². The topological polar surface area (TPSA) is 26.0 Å². The minimum absolute atomic E-state index is 0.0414. The molecule has 4 heteroatoms. The first kappa shape index (κ1) is 12.7. The third-order valence-electron chi connectivity index (χ3n) is 2.58. The van der Waals surface area contributed by atoms with E-state index in [1.807, 2.05) is 11.4 Å². The first-order valence-corrected chi connectivity index (χ1v) is 7.09. The Kier molecular flexibility index (Phi) is 4.31. The summed E-state index contributed by atoms with van der Waals surface area (Å²) in [7, 11) is 0. The van der Waals surface area contributed by atoms with Gasteiger partial charge in [0.1, 0.15) is 5.82 Å². The highest BCUT2D eigenvalue weighted by Crippen LogP contribution is 2.17. The molecule has 17 heavy (non-hydrogen) atoms. The average molecular weight is 314 g/mol. The van der Waals surface area contributed by atoms with Gasteiger partial charge in [-0.05, 0) is 52.9 Å². The van der Waals surface area contributed by atoms with Crippen molar-refractivity contribution in [3.8, 4) is 0 Å². The molecule has 1 atom stereocenters. The van der Waals surface area contributed by atoms with E-state index in [1.165, 1.54) is 11.6 Å². The zero-order valence-electron chi connectivity index (χ0n) is 9.20. The molecule has 0 saturated heterocycles. The van der Waals surface area contributed by atoms with Crippen LogP contribution in [0.2, 0.25) is 0 Å². The fourth-order valence-electron chi connectivity index (χ4n) is 1.75. The maximum absolute atomic E-state index is 13.6. The van der Waals surface area contributed by atoms with E-state index in [1.54, 1.807) is 17.4 Å². The van der Waals surface area contributed by atoms with Crippen molar-refractivity contribution in [1.29, 1.82) is 0 Å². The number of thiophene rings is 1. The van der Waals surface area contributed by atoms with Gasteiger partial charge in [0.15, 0.2) is 0 Å². The van der Waals surface area contributed by atoms with E-state index in [-0.39, 0.29) is 11.9 Å². The molecule has 2 N–H and O–H groups in total. The molecule has 2 rings (SSSR count). The van der Waals surface area contributed by atoms with Crippen molar-refractivity contribution < 1.29 is 4.39 Å². The third-order valence-corrected chi connectivity index (χ3v) is 3.80. The number of hydrogen-bond donors (Lipinski definition) is 1. The van der Waals surface area contributed by atoms with Crippen molar-refractivity contribution >= 4 is 27.3 Å². The minimum Gasteiger partial charge on any atom is -0.327 e. The second-order valence-electron chi connectivity index (χ2n) is 4.04. The van der Waals surface area contributed by atoms with Crippen LogP contribution >= 0.6 is 27.3 Å². The van der Waals surface area contributed by atoms with Gasteiger partial charge in [-0.2, -0.15) is 11.3 Å². The number of halogens is 2. The van der Waals surface area contributed by atoms with Gasteiger partial charge in [-0.1, -0.05) is 22.0 Å². The van der Waals surface area contributed by atoms with Crippen molar-refractivity contribution in [2.24, 2.45) is 5.73 Å². The third kappa shape index (κ3) is 3.63. The van der Waals surface area contributed by atoms with Gasteiger partial charge in [0.05, 0.1) is 0 Å². The molecule has 0 amide bonds. The number of nitrogens with two attached hydrogens (primary N) is 1. The second kappa shape index (κ2) is 5.76. The van der Waals surface area contributed by atoms with Gasteiger partial charge in [0.2, 0.25) is 0 Å². The summed E-state index contributed by atoms with van der Waals surface area (Å²) in [6.45, 7) is 0. The van der Waals surface area contributed by atoms with E-state index in [0.29, 0.717) is 12.0 Å². The SMILES string of the molecule is NC(Cc1ccsc1)Cc1ccc(Br)cc1F. The molecular weight excluding hydrogens is 301 g/mol. The molecule has 0 aliphatic rings. The van der Waals surface area contributed by atoms with E-state index in [4.69, 9.17) is 5.73 Å². The minimum atomic E-state index is -0.194. The maximum atomic E-state index is 13.6. The van der Waals surface area contributed by atoms with Crippen LogP contribution in [0.5, 0.6) is 0 Å². The Morgan fingerprint density at radius 3 is 2.76 bits per heavy atom. The molecule has 1 nitrogen and oxygen atoms in total. The largest absolute Gasteiger partial charge is 0.327 e. The molecule has 1 heterocycles. The van der Waals surface area contributed by atoms with Crippen molar-refractivity contribution in [2.45, 2.75) is 18.9 Å². The Labute approximate surface area is 113 Å². The summed E-state index contributed by atoms with van der Waals surface area (Å²) in [5.41, 5.74) is 7.93. The smallest absolute Gasteiger partial charge is 0.127 e. The Hall–Kier alpha value is -0.710. The molecule has 0 radical (unpaired) electrons. The number of benzene rings is 1. The second-order valence-corrected chi connectivity index (χ2v) is 5.73. The monoisotopic (exact) mass is 313 g/mol. The number of hydrogen-bond acceptors (Lipinski definition) is 2. The summed E-state index contributed by atoms with van der Waals surface area (Å²) in [4.78, 5) is 0. The van der Waals surface area contributed by atoms with Crippen LogP contribution < -0.4 is 5.73 Å². The maximum Gasteiger partial charge on any atom is 0.127 e. The molecule has 0 aliphatic carbocycles. The summed E-state index contributed by atoms with van der Waals surface area (Å²) < 4.78 is 14.4. The molecule has 2 aromatic rings. The molecule has 90 valence electrons. The highest BCUT2D eigenvalue weighted by atomic mass is 79.9. The highest BCUT2D eigenvalue weighted by Gasteiger charge is 2.09. The zero-order valence-corrected chi connectivity index (χ0v) is 11.6. The summed E-state index contributed by atoms with van der Waals surface area (Å²) >= 11 is 4.90. The van der Waals surface area contributed by atoms with Gasteiger partial charge in [-0.3, -0.25) is 0 Å². The lowest BCUT2D eigenvalue weighted by atomic mass is 10.0. The fraction of sp³-hybridized carbons (Fsp3) is 0.231. The number of rotatable bonds is 4. The van der Waals surface area contributed by atoms with E-state index in [9.17, 15) is 4.39 Å². The predicted octanol–water partition coefficient (Wildman–Crippen LogP) is 3.76. The van der Waals surface area contributed by atoms with Crippen LogP contribution in [0.1, 0.15) is 11.1 Å². The molecular formula is C13H13BrFNS. The van der Waals surface area contributed by atoms with E-state index >= 15 is 0 Å². The molecule has 0 bridgehead atoms. The Morgan fingerprint density at radius 1 is 1.29 bits per heavy atom. The quantitative estimate of drug-likeness (QED) is 0.913. The molecule has 1 aromatic carbocycles. The molecule has 0 fully saturated rings. The first-order chi connectivity index (χ1) is 8.15. The van der Waals surface area contributed by atoms with Crippen LogP contribution in [0, 0.1) is 5.82 Å². The molecule has 0 spiro atoms. The van der Waals surface area contributed by atoms with Gasteiger partial charge < -0.3 is 5.73 Å². The van der Waals surface area contributed by atoms with Gasteiger partial charge in [0.25, 0.3) is 0 Å². The van der Waals surface area contributed by atoms with E-state index < -0.39 is 0 Å². The van der Waals surface area contributed by atoms with Crippen LogP contribution in [0.3, 0.4) is 0 Å². The molecule has 0 aliphatic heterocycles. The van der Waals surface area contributed by atoms with Crippen LogP contribution in [-0.2, 0) is 12.8 Å². The summed E-state index contributed by atoms with van der Waals surface area (Å²) in [6, 6.07) is 7.12. The normalized spacial score (nSPS) is 12.6. The fourth-order valence-corrected chi connectivity index (χ4v) is 2.77. The standard InChI is InChI=1S/C13H13BrFNS/c14-11-2-1-10(13(15)7-11)6-12(16)5-9-3-4-17-8-9/h1-4,7-8,12H,5-6,16H2. The van der Waals surface area contributed by atoms with Gasteiger partial charge in [-0.15, -0.1) is 0 Å². The van der Waals surface area contributed by atoms with E-state index in [0.717, 1.165) is 10.9 Å². The highest BCUT2D eigenvalue weighted by molar-refractivity contribution is 9.10. The van der Waals surface area contributed by atoms with Gasteiger partial charge in [0, 0.05) is 10.5 Å².